The number of ketones is 1. The number of rotatable bonds is 4. The minimum atomic E-state index is -4.20. The molecule has 0 atom stereocenters. The predicted molar refractivity (Wildman–Crippen MR) is 87.4 cm³/mol. The van der Waals surface area contributed by atoms with Crippen LogP contribution < -0.4 is 0 Å². The van der Waals surface area contributed by atoms with Crippen molar-refractivity contribution >= 4 is 43.3 Å². The van der Waals surface area contributed by atoms with Crippen molar-refractivity contribution in [3.8, 4) is 0 Å². The van der Waals surface area contributed by atoms with Gasteiger partial charge >= 0.3 is 0 Å². The Morgan fingerprint density at radius 1 is 1.05 bits per heavy atom. The molecule has 0 spiro atoms. The monoisotopic (exact) mass is 354 g/mol. The van der Waals surface area contributed by atoms with Crippen molar-refractivity contribution in [1.82, 2.24) is 0 Å². The summed E-state index contributed by atoms with van der Waals surface area (Å²) in [7, 11) is 1.23. The van der Waals surface area contributed by atoms with Gasteiger partial charge in [0, 0.05) is 27.4 Å². The van der Waals surface area contributed by atoms with Gasteiger partial charge in [0.05, 0.1) is 4.90 Å². The number of carbonyl (C=O) groups excluding carboxylic acids is 2. The Kier molecular flexibility index (Phi) is 4.75. The Balaban J connectivity index is 2.76. The molecule has 0 heterocycles. The van der Waals surface area contributed by atoms with Crippen LogP contribution in [0.1, 0.15) is 31.8 Å². The smallest absolute Gasteiger partial charge is 0.262 e. The maximum atomic E-state index is 12.6. The first kappa shape index (κ1) is 16.7. The summed E-state index contributed by atoms with van der Waals surface area (Å²) in [5.74, 6) is -0.476. The van der Waals surface area contributed by atoms with Crippen molar-refractivity contribution in [1.29, 1.82) is 0 Å². The summed E-state index contributed by atoms with van der Waals surface area (Å²) in [6, 6.07) is 10.7. The normalized spacial score (nSPS) is 11.2. The summed E-state index contributed by atoms with van der Waals surface area (Å²) in [5, 5.41) is -0.608. The van der Waals surface area contributed by atoms with Gasteiger partial charge in [-0.25, -0.2) is 8.42 Å². The molecule has 0 saturated heterocycles. The van der Waals surface area contributed by atoms with Gasteiger partial charge < -0.3 is 0 Å². The Hall–Kier alpha value is -1.63. The van der Waals surface area contributed by atoms with Gasteiger partial charge in [-0.1, -0.05) is 30.3 Å². The maximum Gasteiger partial charge on any atom is 0.262 e. The number of thiol groups is 1. The van der Waals surface area contributed by atoms with Crippen LogP contribution >= 0.6 is 23.3 Å². The Labute approximate surface area is 137 Å². The van der Waals surface area contributed by atoms with E-state index in [1.165, 1.54) is 6.07 Å². The number of aryl methyl sites for hydroxylation is 1. The minimum absolute atomic E-state index is 0.0421. The Morgan fingerprint density at radius 2 is 1.64 bits per heavy atom. The molecule has 0 bridgehead atoms. The van der Waals surface area contributed by atoms with Gasteiger partial charge in [0.25, 0.3) is 9.05 Å². The van der Waals surface area contributed by atoms with E-state index in [2.05, 4.69) is 12.6 Å². The number of benzene rings is 2. The molecule has 2 aromatic carbocycles. The van der Waals surface area contributed by atoms with Gasteiger partial charge in [0.15, 0.2) is 5.78 Å². The van der Waals surface area contributed by atoms with E-state index >= 15 is 0 Å². The van der Waals surface area contributed by atoms with E-state index in [0.717, 1.165) is 6.07 Å². The van der Waals surface area contributed by atoms with Crippen molar-refractivity contribution in [2.24, 2.45) is 0 Å². The van der Waals surface area contributed by atoms with Gasteiger partial charge in [0.2, 0.25) is 5.12 Å². The average Bonchev–Trinajstić information content (AvgIpc) is 2.45. The zero-order valence-electron chi connectivity index (χ0n) is 11.4. The lowest BCUT2D eigenvalue weighted by Crippen LogP contribution is -2.11. The van der Waals surface area contributed by atoms with Crippen molar-refractivity contribution < 1.29 is 18.0 Å². The summed E-state index contributed by atoms with van der Waals surface area (Å²) >= 11 is 3.67. The van der Waals surface area contributed by atoms with E-state index in [1.54, 1.807) is 37.3 Å². The van der Waals surface area contributed by atoms with E-state index in [4.69, 9.17) is 10.7 Å². The largest absolute Gasteiger partial charge is 0.289 e. The maximum absolute atomic E-state index is 12.6. The molecule has 114 valence electrons. The van der Waals surface area contributed by atoms with Crippen LogP contribution in [0.4, 0.5) is 0 Å². The average molecular weight is 355 g/mol. The standard InChI is InChI=1S/C15H11ClO4S2/c1-9-7-11(15(18)21)8-12(22(16,19)20)13(9)14(17)10-5-3-2-4-6-10/h2-8H,1H3,(H,18,21). The molecule has 2 rings (SSSR count). The van der Waals surface area contributed by atoms with Crippen LogP contribution in [-0.2, 0) is 9.05 Å². The highest BCUT2D eigenvalue weighted by Gasteiger charge is 2.25. The molecule has 4 nitrogen and oxygen atoms in total. The molecule has 0 amide bonds. The second-order valence-corrected chi connectivity index (χ2v) is 7.54. The van der Waals surface area contributed by atoms with Crippen LogP contribution in [-0.4, -0.2) is 19.3 Å². The molecular weight excluding hydrogens is 344 g/mol. The molecule has 0 aliphatic carbocycles. The lowest BCUT2D eigenvalue weighted by Gasteiger charge is -2.11. The highest BCUT2D eigenvalue weighted by Crippen LogP contribution is 2.28. The van der Waals surface area contributed by atoms with E-state index in [9.17, 15) is 18.0 Å². The molecule has 0 aliphatic rings. The SMILES string of the molecule is Cc1cc(C(=O)S)cc(S(=O)(=O)Cl)c1C(=O)c1ccccc1. The molecule has 0 aliphatic heterocycles. The minimum Gasteiger partial charge on any atom is -0.289 e. The summed E-state index contributed by atoms with van der Waals surface area (Å²) < 4.78 is 23.6. The van der Waals surface area contributed by atoms with E-state index in [1.807, 2.05) is 0 Å². The number of carbonyl (C=O) groups is 2. The fraction of sp³-hybridized carbons (Fsp3) is 0.0667. The van der Waals surface area contributed by atoms with Gasteiger partial charge in [-0.05, 0) is 24.6 Å². The van der Waals surface area contributed by atoms with Gasteiger partial charge in [-0.15, -0.1) is 12.6 Å². The van der Waals surface area contributed by atoms with Gasteiger partial charge in [0.1, 0.15) is 0 Å². The van der Waals surface area contributed by atoms with E-state index in [-0.39, 0.29) is 16.0 Å². The van der Waals surface area contributed by atoms with Crippen molar-refractivity contribution in [2.75, 3.05) is 0 Å². The molecule has 0 unspecified atom stereocenters. The third kappa shape index (κ3) is 3.40. The lowest BCUT2D eigenvalue weighted by molar-refractivity contribution is 0.103. The van der Waals surface area contributed by atoms with Crippen molar-refractivity contribution in [3.63, 3.8) is 0 Å². The van der Waals surface area contributed by atoms with Crippen LogP contribution in [0.25, 0.3) is 0 Å². The highest BCUT2D eigenvalue weighted by molar-refractivity contribution is 8.13. The number of halogens is 1. The van der Waals surface area contributed by atoms with Crippen LogP contribution in [0.2, 0.25) is 0 Å². The third-order valence-electron chi connectivity index (χ3n) is 3.07. The van der Waals surface area contributed by atoms with Crippen LogP contribution in [0.15, 0.2) is 47.4 Å². The topological polar surface area (TPSA) is 68.3 Å². The molecule has 0 N–H and O–H groups in total. The second-order valence-electron chi connectivity index (χ2n) is 4.60. The highest BCUT2D eigenvalue weighted by atomic mass is 35.7. The quantitative estimate of drug-likeness (QED) is 0.520. The fourth-order valence-corrected chi connectivity index (χ4v) is 3.35. The molecule has 22 heavy (non-hydrogen) atoms. The van der Waals surface area contributed by atoms with Gasteiger partial charge in [-0.2, -0.15) is 0 Å². The molecule has 0 saturated carbocycles. The summed E-state index contributed by atoms with van der Waals surface area (Å²) in [4.78, 5) is 23.6. The second kappa shape index (κ2) is 6.24. The zero-order valence-corrected chi connectivity index (χ0v) is 13.9. The van der Waals surface area contributed by atoms with Crippen LogP contribution in [0.5, 0.6) is 0 Å². The Morgan fingerprint density at radius 3 is 2.14 bits per heavy atom. The molecular formula is C15H11ClO4S2. The first-order valence-electron chi connectivity index (χ1n) is 6.14. The van der Waals surface area contributed by atoms with E-state index < -0.39 is 19.9 Å². The molecule has 2 aromatic rings. The fourth-order valence-electron chi connectivity index (χ4n) is 2.10. The predicted octanol–water partition coefficient (Wildman–Crippen LogP) is 3.22. The van der Waals surface area contributed by atoms with Crippen molar-refractivity contribution in [3.05, 3.63) is 64.7 Å². The first-order valence-corrected chi connectivity index (χ1v) is 8.90. The van der Waals surface area contributed by atoms with E-state index in [0.29, 0.717) is 11.1 Å². The zero-order chi connectivity index (χ0) is 16.5. The first-order chi connectivity index (χ1) is 10.2. The number of hydrogen-bond acceptors (Lipinski definition) is 4. The summed E-state index contributed by atoms with van der Waals surface area (Å²) in [5.41, 5.74) is 0.689. The van der Waals surface area contributed by atoms with Gasteiger partial charge in [-0.3, -0.25) is 9.59 Å². The molecule has 0 aromatic heterocycles. The molecule has 0 fully saturated rings. The third-order valence-corrected chi connectivity index (χ3v) is 4.68. The van der Waals surface area contributed by atoms with Crippen LogP contribution in [0.3, 0.4) is 0 Å². The van der Waals surface area contributed by atoms with Crippen LogP contribution in [0, 0.1) is 6.92 Å². The number of hydrogen-bond donors (Lipinski definition) is 1. The lowest BCUT2D eigenvalue weighted by atomic mass is 9.97. The van der Waals surface area contributed by atoms with Crippen molar-refractivity contribution in [2.45, 2.75) is 11.8 Å². The Bertz CT molecular complexity index is 859. The molecule has 7 heteroatoms. The molecule has 0 radical (unpaired) electrons. The summed E-state index contributed by atoms with van der Waals surface area (Å²) in [6.45, 7) is 1.54. The summed E-state index contributed by atoms with van der Waals surface area (Å²) in [6.07, 6.45) is 0.